The average molecular weight is 427 g/mol. The molecule has 136 valence electrons. The monoisotopic (exact) mass is 426 g/mol. The van der Waals surface area contributed by atoms with Gasteiger partial charge < -0.3 is 9.72 Å². The molecule has 0 aliphatic carbocycles. The van der Waals surface area contributed by atoms with Crippen molar-refractivity contribution in [3.05, 3.63) is 69.3 Å². The number of aryl methyl sites for hydroxylation is 1. The minimum Gasteiger partial charge on any atom is -0.350 e. The fraction of sp³-hybridized carbons (Fsp3) is 0.167. The first-order valence-corrected chi connectivity index (χ1v) is 9.12. The number of hydrogen-bond donors (Lipinski definition) is 1. The van der Waals surface area contributed by atoms with Crippen LogP contribution >= 0.6 is 15.9 Å². The fourth-order valence-corrected chi connectivity index (χ4v) is 3.11. The summed E-state index contributed by atoms with van der Waals surface area (Å²) in [5.41, 5.74) is 1.85. The molecule has 0 saturated carbocycles. The number of nitrogens with one attached hydrogen (secondary N) is 1. The van der Waals surface area contributed by atoms with E-state index < -0.39 is 0 Å². The number of benzene rings is 1. The second-order valence-electron chi connectivity index (χ2n) is 6.01. The molecule has 1 aromatic carbocycles. The number of imidazole rings is 1. The topological polar surface area (TPSA) is 94.2 Å². The van der Waals surface area contributed by atoms with Crippen molar-refractivity contribution in [1.82, 2.24) is 29.7 Å². The van der Waals surface area contributed by atoms with E-state index >= 15 is 0 Å². The summed E-state index contributed by atoms with van der Waals surface area (Å²) < 4.78 is 4.05. The number of rotatable bonds is 5. The first-order chi connectivity index (χ1) is 13.1. The number of aromatic nitrogens is 5. The van der Waals surface area contributed by atoms with Crippen LogP contribution in [0.15, 0.2) is 58.1 Å². The Bertz CT molecular complexity index is 1200. The van der Waals surface area contributed by atoms with Crippen LogP contribution in [0.25, 0.3) is 16.6 Å². The third-order valence-electron chi connectivity index (χ3n) is 4.11. The quantitative estimate of drug-likeness (QED) is 0.525. The van der Waals surface area contributed by atoms with Crippen molar-refractivity contribution in [2.45, 2.75) is 19.5 Å². The Labute approximate surface area is 162 Å². The molecule has 0 saturated heterocycles. The van der Waals surface area contributed by atoms with Crippen molar-refractivity contribution < 1.29 is 4.79 Å². The van der Waals surface area contributed by atoms with Crippen molar-refractivity contribution in [1.29, 1.82) is 0 Å². The maximum atomic E-state index is 12.4. The number of pyridine rings is 1. The van der Waals surface area contributed by atoms with Crippen LogP contribution in [0.5, 0.6) is 0 Å². The van der Waals surface area contributed by atoms with Gasteiger partial charge in [0.2, 0.25) is 5.91 Å². The molecule has 0 aliphatic heterocycles. The number of carbonyl (C=O) groups excluding carboxylic acids is 1. The van der Waals surface area contributed by atoms with E-state index in [0.717, 1.165) is 15.8 Å². The van der Waals surface area contributed by atoms with Crippen LogP contribution in [-0.2, 0) is 17.9 Å². The van der Waals surface area contributed by atoms with E-state index in [2.05, 4.69) is 36.5 Å². The molecule has 0 bridgehead atoms. The molecule has 0 atom stereocenters. The highest BCUT2D eigenvalue weighted by Crippen LogP contribution is 2.12. The molecule has 0 radical (unpaired) electrons. The van der Waals surface area contributed by atoms with Crippen LogP contribution in [0.1, 0.15) is 12.1 Å². The Morgan fingerprint density at radius 2 is 2.00 bits per heavy atom. The van der Waals surface area contributed by atoms with Crippen molar-refractivity contribution in [3.63, 3.8) is 0 Å². The molecule has 4 rings (SSSR count). The summed E-state index contributed by atoms with van der Waals surface area (Å²) >= 11 is 3.41. The molecule has 3 heterocycles. The van der Waals surface area contributed by atoms with Gasteiger partial charge in [-0.15, -0.1) is 5.10 Å². The molecule has 0 unspecified atom stereocenters. The second kappa shape index (κ2) is 7.28. The average Bonchev–Trinajstić information content (AvgIpc) is 3.08. The van der Waals surface area contributed by atoms with E-state index in [-0.39, 0.29) is 24.4 Å². The number of amides is 1. The first-order valence-electron chi connectivity index (χ1n) is 8.32. The molecule has 0 aliphatic rings. The molecule has 4 aromatic rings. The maximum Gasteiger partial charge on any atom is 0.277 e. The van der Waals surface area contributed by atoms with Gasteiger partial charge in [-0.25, -0.2) is 9.67 Å². The molecule has 0 fully saturated rings. The second-order valence-corrected chi connectivity index (χ2v) is 6.92. The van der Waals surface area contributed by atoms with Gasteiger partial charge in [0.05, 0.1) is 24.2 Å². The predicted octanol–water partition coefficient (Wildman–Crippen LogP) is 1.91. The zero-order chi connectivity index (χ0) is 18.8. The van der Waals surface area contributed by atoms with Crippen molar-refractivity contribution >= 4 is 38.4 Å². The summed E-state index contributed by atoms with van der Waals surface area (Å²) in [6, 6.07) is 10.8. The molecular formula is C18H15BrN6O2. The van der Waals surface area contributed by atoms with Gasteiger partial charge in [0, 0.05) is 23.3 Å². The fourth-order valence-electron chi connectivity index (χ4n) is 2.76. The number of halogens is 1. The van der Waals surface area contributed by atoms with Gasteiger partial charge in [-0.1, -0.05) is 17.3 Å². The number of carbonyl (C=O) groups is 1. The molecule has 1 amide bonds. The van der Waals surface area contributed by atoms with Gasteiger partial charge in [0.1, 0.15) is 11.2 Å². The van der Waals surface area contributed by atoms with Gasteiger partial charge in [-0.3, -0.25) is 9.59 Å². The van der Waals surface area contributed by atoms with E-state index in [1.165, 1.54) is 4.68 Å². The summed E-state index contributed by atoms with van der Waals surface area (Å²) in [6.07, 6.45) is 3.89. The molecule has 8 nitrogen and oxygen atoms in total. The van der Waals surface area contributed by atoms with Crippen molar-refractivity contribution in [2.75, 3.05) is 0 Å². The van der Waals surface area contributed by atoms with Gasteiger partial charge in [-0.2, -0.15) is 0 Å². The lowest BCUT2D eigenvalue weighted by Gasteiger charge is -2.05. The Morgan fingerprint density at radius 3 is 2.89 bits per heavy atom. The number of fused-ring (bicyclic) bond motifs is 2. The van der Waals surface area contributed by atoms with Gasteiger partial charge in [-0.05, 0) is 40.2 Å². The zero-order valence-electron chi connectivity index (χ0n) is 14.2. The summed E-state index contributed by atoms with van der Waals surface area (Å²) in [7, 11) is 0. The van der Waals surface area contributed by atoms with E-state index in [1.54, 1.807) is 24.3 Å². The smallest absolute Gasteiger partial charge is 0.277 e. The first kappa shape index (κ1) is 17.3. The van der Waals surface area contributed by atoms with Crippen LogP contribution < -0.4 is 10.9 Å². The third kappa shape index (κ3) is 3.72. The molecule has 1 N–H and O–H groups in total. The Morgan fingerprint density at radius 1 is 1.15 bits per heavy atom. The van der Waals surface area contributed by atoms with E-state index in [4.69, 9.17) is 0 Å². The van der Waals surface area contributed by atoms with Crippen molar-refractivity contribution in [2.24, 2.45) is 0 Å². The molecule has 9 heteroatoms. The normalized spacial score (nSPS) is 11.1. The highest BCUT2D eigenvalue weighted by atomic mass is 79.9. The number of hydrogen-bond acceptors (Lipinski definition) is 5. The summed E-state index contributed by atoms with van der Waals surface area (Å²) in [4.78, 5) is 28.9. The predicted molar refractivity (Wildman–Crippen MR) is 103 cm³/mol. The van der Waals surface area contributed by atoms with Crippen LogP contribution in [-0.4, -0.2) is 30.3 Å². The zero-order valence-corrected chi connectivity index (χ0v) is 15.8. The van der Waals surface area contributed by atoms with Crippen LogP contribution in [0.3, 0.4) is 0 Å². The lowest BCUT2D eigenvalue weighted by Crippen LogP contribution is -2.29. The Hall–Kier alpha value is -3.07. The SMILES string of the molecule is O=C(CCn1nnc2ccccc2c1=O)NCc1cn2cc(Br)ccc2n1. The van der Waals surface area contributed by atoms with Crippen molar-refractivity contribution in [3.8, 4) is 0 Å². The molecule has 3 aromatic heterocycles. The van der Waals surface area contributed by atoms with E-state index in [1.807, 2.05) is 28.9 Å². The standard InChI is InChI=1S/C18H15BrN6O2/c19-12-5-6-16-21-13(11-24(16)10-12)9-20-17(26)7-8-25-18(27)14-3-1-2-4-15(14)22-23-25/h1-6,10-11H,7-9H2,(H,20,26). The van der Waals surface area contributed by atoms with E-state index in [0.29, 0.717) is 17.4 Å². The van der Waals surface area contributed by atoms with Gasteiger partial charge in [0.25, 0.3) is 5.56 Å². The van der Waals surface area contributed by atoms with Crippen LogP contribution in [0.2, 0.25) is 0 Å². The van der Waals surface area contributed by atoms with Crippen LogP contribution in [0.4, 0.5) is 0 Å². The minimum atomic E-state index is -0.251. The molecule has 0 spiro atoms. The largest absolute Gasteiger partial charge is 0.350 e. The molecular weight excluding hydrogens is 412 g/mol. The minimum absolute atomic E-state index is 0.131. The van der Waals surface area contributed by atoms with Crippen LogP contribution in [0, 0.1) is 0 Å². The lowest BCUT2D eigenvalue weighted by atomic mass is 10.2. The molecule has 27 heavy (non-hydrogen) atoms. The maximum absolute atomic E-state index is 12.4. The van der Waals surface area contributed by atoms with E-state index in [9.17, 15) is 9.59 Å². The summed E-state index contributed by atoms with van der Waals surface area (Å²) in [5.74, 6) is -0.185. The van der Waals surface area contributed by atoms with Gasteiger partial charge in [0.15, 0.2) is 0 Å². The third-order valence-corrected chi connectivity index (χ3v) is 4.58. The summed E-state index contributed by atoms with van der Waals surface area (Å²) in [6.45, 7) is 0.483. The highest BCUT2D eigenvalue weighted by molar-refractivity contribution is 9.10. The lowest BCUT2D eigenvalue weighted by molar-refractivity contribution is -0.121. The highest BCUT2D eigenvalue weighted by Gasteiger charge is 2.09. The summed E-state index contributed by atoms with van der Waals surface area (Å²) in [5, 5.41) is 11.2. The van der Waals surface area contributed by atoms with Gasteiger partial charge >= 0.3 is 0 Å². The Kier molecular flexibility index (Phi) is 4.68. The number of nitrogens with zero attached hydrogens (tertiary/aromatic N) is 5. The Balaban J connectivity index is 1.38.